The third-order valence-electron chi connectivity index (χ3n) is 2.96. The summed E-state index contributed by atoms with van der Waals surface area (Å²) in [5.74, 6) is 0.790. The Morgan fingerprint density at radius 3 is 2.45 bits per heavy atom. The molecule has 2 rings (SSSR count). The van der Waals surface area contributed by atoms with E-state index in [0.29, 0.717) is 13.2 Å². The molecule has 0 unspecified atom stereocenters. The van der Waals surface area contributed by atoms with Gasteiger partial charge in [-0.05, 0) is 31.0 Å². The molecule has 0 atom stereocenters. The highest BCUT2D eigenvalue weighted by molar-refractivity contribution is 7.80. The number of ether oxygens (including phenoxy) is 1. The van der Waals surface area contributed by atoms with Gasteiger partial charge in [-0.2, -0.15) is 4.98 Å². The normalized spacial score (nSPS) is 15.7. The van der Waals surface area contributed by atoms with E-state index < -0.39 is 0 Å². The third kappa shape index (κ3) is 4.11. The van der Waals surface area contributed by atoms with E-state index in [2.05, 4.69) is 27.5 Å². The first-order valence-corrected chi connectivity index (χ1v) is 7.68. The zero-order chi connectivity index (χ0) is 15.1. The lowest BCUT2D eigenvalue weighted by atomic mass is 10.2. The summed E-state index contributed by atoms with van der Waals surface area (Å²) in [4.78, 5) is 11.5. The Balaban J connectivity index is 0.000000956. The zero-order valence-corrected chi connectivity index (χ0v) is 14.1. The Bertz CT molecular complexity index is 474. The fourth-order valence-corrected chi connectivity index (χ4v) is 2.41. The molecule has 1 aromatic rings. The molecular formula is C14H22ClN3OS. The molecule has 0 spiro atoms. The van der Waals surface area contributed by atoms with Gasteiger partial charge < -0.3 is 9.64 Å². The minimum atomic E-state index is 0.255. The number of rotatable bonds is 2. The molecule has 4 nitrogen and oxygen atoms in total. The van der Waals surface area contributed by atoms with Gasteiger partial charge in [0.05, 0.1) is 23.8 Å². The Labute approximate surface area is 131 Å². The number of hydrogen-bond donors (Lipinski definition) is 1. The van der Waals surface area contributed by atoms with Crippen LogP contribution in [0.15, 0.2) is 11.0 Å². The Kier molecular flexibility index (Phi) is 7.34. The number of hydrogen-bond acceptors (Lipinski definition) is 5. The lowest BCUT2D eigenvalue weighted by molar-refractivity contribution is 0.122. The topological polar surface area (TPSA) is 38.2 Å². The maximum absolute atomic E-state index is 6.00. The second-order valence-electron chi connectivity index (χ2n) is 4.08. The van der Waals surface area contributed by atoms with E-state index in [0.717, 1.165) is 35.1 Å². The van der Waals surface area contributed by atoms with Gasteiger partial charge in [0.2, 0.25) is 5.28 Å². The summed E-state index contributed by atoms with van der Waals surface area (Å²) >= 11 is 10.6. The molecule has 0 radical (unpaired) electrons. The molecule has 1 aliphatic rings. The van der Waals surface area contributed by atoms with Gasteiger partial charge in [-0.25, -0.2) is 4.98 Å². The van der Waals surface area contributed by atoms with Crippen molar-refractivity contribution in [2.45, 2.75) is 32.6 Å². The summed E-state index contributed by atoms with van der Waals surface area (Å²) in [5.41, 5.74) is 1.83. The van der Waals surface area contributed by atoms with E-state index in [1.54, 1.807) is 0 Å². The van der Waals surface area contributed by atoms with Gasteiger partial charge in [0.25, 0.3) is 0 Å². The van der Waals surface area contributed by atoms with E-state index in [-0.39, 0.29) is 5.28 Å². The van der Waals surface area contributed by atoms with Crippen LogP contribution in [0.2, 0.25) is 5.28 Å². The molecular weight excluding hydrogens is 294 g/mol. The maximum atomic E-state index is 6.00. The van der Waals surface area contributed by atoms with Crippen molar-refractivity contribution >= 4 is 35.6 Å². The number of morpholine rings is 1. The minimum absolute atomic E-state index is 0.255. The van der Waals surface area contributed by atoms with Crippen LogP contribution in [0.25, 0.3) is 5.57 Å². The van der Waals surface area contributed by atoms with Crippen LogP contribution in [0, 0.1) is 0 Å². The van der Waals surface area contributed by atoms with Gasteiger partial charge in [0, 0.05) is 13.1 Å². The molecule has 6 heteroatoms. The Hall–Kier alpha value is -0.780. The summed E-state index contributed by atoms with van der Waals surface area (Å²) in [6.07, 6.45) is 1.99. The smallest absolute Gasteiger partial charge is 0.224 e. The van der Waals surface area contributed by atoms with Crippen molar-refractivity contribution in [1.29, 1.82) is 0 Å². The molecule has 112 valence electrons. The van der Waals surface area contributed by atoms with E-state index in [1.807, 2.05) is 33.8 Å². The van der Waals surface area contributed by atoms with E-state index >= 15 is 0 Å². The first-order chi connectivity index (χ1) is 9.63. The molecule has 20 heavy (non-hydrogen) atoms. The maximum Gasteiger partial charge on any atom is 0.224 e. The van der Waals surface area contributed by atoms with Crippen LogP contribution in [0.5, 0.6) is 0 Å². The predicted octanol–water partition coefficient (Wildman–Crippen LogP) is 3.70. The van der Waals surface area contributed by atoms with Gasteiger partial charge in [0.15, 0.2) is 0 Å². The van der Waals surface area contributed by atoms with Crippen molar-refractivity contribution in [3.63, 3.8) is 0 Å². The largest absolute Gasteiger partial charge is 0.378 e. The SMILES string of the molecule is C/C=C(\C)c1nc(Cl)nc(N2CCOCC2)c1S.CC. The highest BCUT2D eigenvalue weighted by Gasteiger charge is 2.19. The first kappa shape index (κ1) is 17.3. The first-order valence-electron chi connectivity index (χ1n) is 6.86. The van der Waals surface area contributed by atoms with Crippen LogP contribution in [-0.2, 0) is 4.74 Å². The van der Waals surface area contributed by atoms with Crippen LogP contribution >= 0.6 is 24.2 Å². The zero-order valence-electron chi connectivity index (χ0n) is 12.5. The number of anilines is 1. The Morgan fingerprint density at radius 1 is 1.30 bits per heavy atom. The molecule has 0 amide bonds. The van der Waals surface area contributed by atoms with Crippen LogP contribution in [0.1, 0.15) is 33.4 Å². The summed E-state index contributed by atoms with van der Waals surface area (Å²) in [6, 6.07) is 0. The minimum Gasteiger partial charge on any atom is -0.378 e. The van der Waals surface area contributed by atoms with Crippen LogP contribution in [0.3, 0.4) is 0 Å². The summed E-state index contributed by atoms with van der Waals surface area (Å²) in [6.45, 7) is 11.0. The second-order valence-corrected chi connectivity index (χ2v) is 4.87. The number of halogens is 1. The second kappa shape index (κ2) is 8.49. The number of aromatic nitrogens is 2. The van der Waals surface area contributed by atoms with Gasteiger partial charge in [0.1, 0.15) is 5.82 Å². The molecule has 0 aromatic carbocycles. The molecule has 2 heterocycles. The number of nitrogens with zero attached hydrogens (tertiary/aromatic N) is 3. The highest BCUT2D eigenvalue weighted by Crippen LogP contribution is 2.30. The number of thiol groups is 1. The summed E-state index contributed by atoms with van der Waals surface area (Å²) < 4.78 is 5.34. The molecule has 0 aliphatic carbocycles. The fourth-order valence-electron chi connectivity index (χ4n) is 1.82. The van der Waals surface area contributed by atoms with Crippen molar-refractivity contribution in [3.05, 3.63) is 17.1 Å². The molecule has 1 saturated heterocycles. The van der Waals surface area contributed by atoms with Gasteiger partial charge >= 0.3 is 0 Å². The van der Waals surface area contributed by atoms with Crippen molar-refractivity contribution < 1.29 is 4.74 Å². The van der Waals surface area contributed by atoms with Gasteiger partial charge in [-0.15, -0.1) is 12.6 Å². The molecule has 0 bridgehead atoms. The third-order valence-corrected chi connectivity index (χ3v) is 3.54. The predicted molar refractivity (Wildman–Crippen MR) is 88.0 cm³/mol. The molecule has 0 N–H and O–H groups in total. The monoisotopic (exact) mass is 315 g/mol. The Morgan fingerprint density at radius 2 is 1.90 bits per heavy atom. The van der Waals surface area contributed by atoms with Crippen LogP contribution < -0.4 is 4.90 Å². The quantitative estimate of drug-likeness (QED) is 0.667. The molecule has 1 aliphatic heterocycles. The average molecular weight is 316 g/mol. The van der Waals surface area contributed by atoms with Crippen molar-refractivity contribution in [2.75, 3.05) is 31.2 Å². The van der Waals surface area contributed by atoms with Crippen molar-refractivity contribution in [3.8, 4) is 0 Å². The fraction of sp³-hybridized carbons (Fsp3) is 0.571. The summed E-state index contributed by atoms with van der Waals surface area (Å²) in [5, 5.41) is 0.255. The van der Waals surface area contributed by atoms with Crippen molar-refractivity contribution in [1.82, 2.24) is 9.97 Å². The average Bonchev–Trinajstić information content (AvgIpc) is 2.51. The summed E-state index contributed by atoms with van der Waals surface area (Å²) in [7, 11) is 0. The standard InChI is InChI=1S/C12H16ClN3OS.C2H6/c1-3-8(2)9-10(18)11(15-12(13)14-9)16-4-6-17-7-5-16;1-2/h3,18H,4-7H2,1-2H3;1-2H3/b8-3+;. The number of allylic oxidation sites excluding steroid dienone is 2. The molecule has 1 fully saturated rings. The molecule has 1 aromatic heterocycles. The van der Waals surface area contributed by atoms with Gasteiger partial charge in [-0.3, -0.25) is 0 Å². The highest BCUT2D eigenvalue weighted by atomic mass is 35.5. The van der Waals surface area contributed by atoms with Crippen LogP contribution in [0.4, 0.5) is 5.82 Å². The van der Waals surface area contributed by atoms with E-state index in [1.165, 1.54) is 0 Å². The van der Waals surface area contributed by atoms with Gasteiger partial charge in [-0.1, -0.05) is 19.9 Å². The lowest BCUT2D eigenvalue weighted by Crippen LogP contribution is -2.37. The van der Waals surface area contributed by atoms with E-state index in [4.69, 9.17) is 16.3 Å². The lowest BCUT2D eigenvalue weighted by Gasteiger charge is -2.29. The van der Waals surface area contributed by atoms with Crippen molar-refractivity contribution in [2.24, 2.45) is 0 Å². The molecule has 0 saturated carbocycles. The van der Waals surface area contributed by atoms with Crippen LogP contribution in [-0.4, -0.2) is 36.3 Å². The van der Waals surface area contributed by atoms with E-state index in [9.17, 15) is 0 Å².